The lowest BCUT2D eigenvalue weighted by Crippen LogP contribution is -2.32. The average molecular weight is 330 g/mol. The largest absolute Gasteiger partial charge is 0.492 e. The number of carbonyl (C=O) groups excluding carboxylic acids is 2. The molecule has 126 valence electrons. The third-order valence-electron chi connectivity index (χ3n) is 3.75. The van der Waals surface area contributed by atoms with Gasteiger partial charge in [-0.15, -0.1) is 0 Å². The van der Waals surface area contributed by atoms with E-state index in [9.17, 15) is 9.59 Å². The van der Waals surface area contributed by atoms with Crippen molar-refractivity contribution in [1.82, 2.24) is 4.98 Å². The molecule has 2 aromatic rings. The van der Waals surface area contributed by atoms with Crippen molar-refractivity contribution < 1.29 is 23.5 Å². The highest BCUT2D eigenvalue weighted by molar-refractivity contribution is 5.93. The third kappa shape index (κ3) is 3.24. The van der Waals surface area contributed by atoms with Crippen LogP contribution in [0.2, 0.25) is 0 Å². The van der Waals surface area contributed by atoms with Gasteiger partial charge in [-0.05, 0) is 31.9 Å². The lowest BCUT2D eigenvalue weighted by Gasteiger charge is -2.23. The summed E-state index contributed by atoms with van der Waals surface area (Å²) in [5, 5.41) is 2.60. The number of hydrogen-bond donors (Lipinski definition) is 1. The molecule has 24 heavy (non-hydrogen) atoms. The lowest BCUT2D eigenvalue weighted by atomic mass is 9.96. The van der Waals surface area contributed by atoms with Crippen LogP contribution in [0.25, 0.3) is 0 Å². The standard InChI is InChI=1S/C17H18N2O5/c1-3-22-16(21)14-10(2)24-17(18-14)19-15(20)12-8-11-6-4-5-7-13(11)23-9-12/h4-7,12H,3,8-9H2,1-2H3,(H,18,19,20)/t12-/m1/s1. The minimum atomic E-state index is -0.575. The number of ether oxygens (including phenoxy) is 2. The molecule has 0 saturated carbocycles. The van der Waals surface area contributed by atoms with Gasteiger partial charge in [0.05, 0.1) is 12.5 Å². The normalized spacial score (nSPS) is 16.0. The van der Waals surface area contributed by atoms with E-state index in [2.05, 4.69) is 10.3 Å². The molecule has 0 saturated heterocycles. The summed E-state index contributed by atoms with van der Waals surface area (Å²) < 4.78 is 15.8. The number of anilines is 1. The van der Waals surface area contributed by atoms with E-state index in [1.54, 1.807) is 13.8 Å². The first-order valence-corrected chi connectivity index (χ1v) is 7.74. The minimum Gasteiger partial charge on any atom is -0.492 e. The summed E-state index contributed by atoms with van der Waals surface area (Å²) in [6.07, 6.45) is 0.576. The fourth-order valence-electron chi connectivity index (χ4n) is 2.54. The molecule has 1 aromatic carbocycles. The van der Waals surface area contributed by atoms with E-state index in [-0.39, 0.29) is 36.7 Å². The van der Waals surface area contributed by atoms with Crippen LogP contribution in [-0.2, 0) is 16.0 Å². The summed E-state index contributed by atoms with van der Waals surface area (Å²) in [5.41, 5.74) is 1.05. The van der Waals surface area contributed by atoms with Crippen molar-refractivity contribution in [2.75, 3.05) is 18.5 Å². The van der Waals surface area contributed by atoms with E-state index >= 15 is 0 Å². The predicted molar refractivity (Wildman–Crippen MR) is 85.0 cm³/mol. The molecular weight excluding hydrogens is 312 g/mol. The van der Waals surface area contributed by atoms with Crippen molar-refractivity contribution in [3.8, 4) is 5.75 Å². The smallest absolute Gasteiger partial charge is 0.360 e. The molecule has 1 aliphatic heterocycles. The molecule has 0 radical (unpaired) electrons. The Morgan fingerprint density at radius 2 is 2.17 bits per heavy atom. The zero-order valence-corrected chi connectivity index (χ0v) is 13.5. The Morgan fingerprint density at radius 3 is 2.96 bits per heavy atom. The monoisotopic (exact) mass is 330 g/mol. The second-order valence-electron chi connectivity index (χ2n) is 5.45. The molecule has 0 fully saturated rings. The summed E-state index contributed by atoms with van der Waals surface area (Å²) in [6.45, 7) is 3.82. The molecule has 0 unspecified atom stereocenters. The van der Waals surface area contributed by atoms with Gasteiger partial charge in [0.25, 0.3) is 0 Å². The number of nitrogens with zero attached hydrogens (tertiary/aromatic N) is 1. The Morgan fingerprint density at radius 1 is 1.38 bits per heavy atom. The van der Waals surface area contributed by atoms with Gasteiger partial charge in [-0.1, -0.05) is 18.2 Å². The topological polar surface area (TPSA) is 90.7 Å². The third-order valence-corrected chi connectivity index (χ3v) is 3.75. The quantitative estimate of drug-likeness (QED) is 0.865. The van der Waals surface area contributed by atoms with Crippen molar-refractivity contribution in [2.24, 2.45) is 5.92 Å². The Kier molecular flexibility index (Phi) is 4.50. The molecule has 1 N–H and O–H groups in total. The SMILES string of the molecule is CCOC(=O)c1nc(NC(=O)[C@H]2COc3ccccc3C2)oc1C. The number of nitrogens with one attached hydrogen (secondary N) is 1. The lowest BCUT2D eigenvalue weighted by molar-refractivity contribution is -0.121. The van der Waals surface area contributed by atoms with Crippen molar-refractivity contribution in [1.29, 1.82) is 0 Å². The number of aryl methyl sites for hydroxylation is 1. The van der Waals surface area contributed by atoms with E-state index in [1.165, 1.54) is 0 Å². The first kappa shape index (κ1) is 16.0. The summed E-state index contributed by atoms with van der Waals surface area (Å²) in [5.74, 6) is -0.0828. The number of para-hydroxylation sites is 1. The number of oxazole rings is 1. The first-order chi connectivity index (χ1) is 11.6. The van der Waals surface area contributed by atoms with Gasteiger partial charge in [-0.3, -0.25) is 10.1 Å². The molecule has 0 aliphatic carbocycles. The number of benzene rings is 1. The molecule has 1 atom stereocenters. The second kappa shape index (κ2) is 6.74. The van der Waals surface area contributed by atoms with Gasteiger partial charge in [0.15, 0.2) is 5.69 Å². The molecule has 1 aliphatic rings. The molecule has 2 heterocycles. The van der Waals surface area contributed by atoms with Crippen molar-refractivity contribution in [3.63, 3.8) is 0 Å². The van der Waals surface area contributed by atoms with Crippen molar-refractivity contribution in [2.45, 2.75) is 20.3 Å². The zero-order valence-electron chi connectivity index (χ0n) is 13.5. The molecule has 0 spiro atoms. The maximum atomic E-state index is 12.4. The van der Waals surface area contributed by atoms with Gasteiger partial charge in [0, 0.05) is 0 Å². The summed E-state index contributed by atoms with van der Waals surface area (Å²) >= 11 is 0. The Balaban J connectivity index is 1.68. The molecule has 0 bridgehead atoms. The number of hydrogen-bond acceptors (Lipinski definition) is 6. The van der Waals surface area contributed by atoms with Gasteiger partial charge < -0.3 is 13.9 Å². The van der Waals surface area contributed by atoms with E-state index in [1.807, 2.05) is 24.3 Å². The highest BCUT2D eigenvalue weighted by Gasteiger charge is 2.27. The molecule has 7 nitrogen and oxygen atoms in total. The zero-order chi connectivity index (χ0) is 17.1. The number of aromatic nitrogens is 1. The minimum absolute atomic E-state index is 0.0144. The van der Waals surface area contributed by atoms with Gasteiger partial charge in [0.1, 0.15) is 18.1 Å². The number of esters is 1. The van der Waals surface area contributed by atoms with Gasteiger partial charge >= 0.3 is 12.0 Å². The Bertz CT molecular complexity index is 768. The van der Waals surface area contributed by atoms with Gasteiger partial charge in [0.2, 0.25) is 5.91 Å². The van der Waals surface area contributed by atoms with Gasteiger partial charge in [-0.2, -0.15) is 4.98 Å². The first-order valence-electron chi connectivity index (χ1n) is 7.74. The fraction of sp³-hybridized carbons (Fsp3) is 0.353. The van der Waals surface area contributed by atoms with E-state index in [4.69, 9.17) is 13.9 Å². The van der Waals surface area contributed by atoms with E-state index in [0.29, 0.717) is 12.2 Å². The number of rotatable bonds is 4. The summed E-state index contributed by atoms with van der Waals surface area (Å²) in [6, 6.07) is 7.60. The average Bonchev–Trinajstić information content (AvgIpc) is 2.95. The van der Waals surface area contributed by atoms with Crippen LogP contribution < -0.4 is 10.1 Å². The number of carbonyl (C=O) groups is 2. The highest BCUT2D eigenvalue weighted by atomic mass is 16.5. The number of amides is 1. The molecular formula is C17H18N2O5. The van der Waals surface area contributed by atoms with Crippen LogP contribution in [0.4, 0.5) is 6.01 Å². The maximum absolute atomic E-state index is 12.4. The predicted octanol–water partition coefficient (Wildman–Crippen LogP) is 2.35. The van der Waals surface area contributed by atoms with E-state index in [0.717, 1.165) is 11.3 Å². The fourth-order valence-corrected chi connectivity index (χ4v) is 2.54. The Labute approximate surface area is 139 Å². The summed E-state index contributed by atoms with van der Waals surface area (Å²) in [4.78, 5) is 28.1. The molecule has 1 amide bonds. The van der Waals surface area contributed by atoms with Crippen molar-refractivity contribution >= 4 is 17.9 Å². The summed E-state index contributed by atoms with van der Waals surface area (Å²) in [7, 11) is 0. The maximum Gasteiger partial charge on any atom is 0.360 e. The van der Waals surface area contributed by atoms with Crippen LogP contribution >= 0.6 is 0 Å². The van der Waals surface area contributed by atoms with E-state index < -0.39 is 5.97 Å². The second-order valence-corrected chi connectivity index (χ2v) is 5.45. The molecule has 1 aromatic heterocycles. The number of fused-ring (bicyclic) bond motifs is 1. The van der Waals surface area contributed by atoms with Crippen LogP contribution in [0.15, 0.2) is 28.7 Å². The van der Waals surface area contributed by atoms with Crippen LogP contribution in [0, 0.1) is 12.8 Å². The van der Waals surface area contributed by atoms with Crippen LogP contribution in [-0.4, -0.2) is 30.1 Å². The van der Waals surface area contributed by atoms with Crippen molar-refractivity contribution in [3.05, 3.63) is 41.3 Å². The molecule has 3 rings (SSSR count). The van der Waals surface area contributed by atoms with Crippen LogP contribution in [0.5, 0.6) is 5.75 Å². The van der Waals surface area contributed by atoms with Crippen LogP contribution in [0.3, 0.4) is 0 Å². The molecule has 7 heteroatoms. The van der Waals surface area contributed by atoms with Gasteiger partial charge in [-0.25, -0.2) is 4.79 Å². The Hall–Kier alpha value is -2.83. The van der Waals surface area contributed by atoms with Crippen LogP contribution in [0.1, 0.15) is 28.7 Å². The highest BCUT2D eigenvalue weighted by Crippen LogP contribution is 2.27.